The lowest BCUT2D eigenvalue weighted by Gasteiger charge is -2.35. The van der Waals surface area contributed by atoms with Crippen molar-refractivity contribution in [3.05, 3.63) is 0 Å². The van der Waals surface area contributed by atoms with E-state index in [1.54, 1.807) is 0 Å². The molecular weight excluding hydrogens is 280 g/mol. The molecule has 1 N–H and O–H groups in total. The van der Waals surface area contributed by atoms with Crippen LogP contribution in [0.15, 0.2) is 9.98 Å². The summed E-state index contributed by atoms with van der Waals surface area (Å²) < 4.78 is 0. The molecule has 0 aromatic carbocycles. The van der Waals surface area contributed by atoms with Crippen molar-refractivity contribution >= 4 is 17.6 Å². The normalized spacial score (nSPS) is 23.8. The molecule has 124 valence electrons. The quantitative estimate of drug-likeness (QED) is 0.823. The molecule has 1 fully saturated rings. The Morgan fingerprint density at radius 3 is 2.45 bits per heavy atom. The number of hydrogen-bond donors (Lipinski definition) is 1. The molecule has 1 amide bonds. The van der Waals surface area contributed by atoms with Gasteiger partial charge in [-0.2, -0.15) is 4.99 Å². The molecule has 1 atom stereocenters. The van der Waals surface area contributed by atoms with Crippen LogP contribution in [-0.4, -0.2) is 71.8 Å². The van der Waals surface area contributed by atoms with Crippen molar-refractivity contribution in [3.8, 4) is 0 Å². The molecule has 0 bridgehead atoms. The van der Waals surface area contributed by atoms with Gasteiger partial charge in [0.15, 0.2) is 0 Å². The van der Waals surface area contributed by atoms with E-state index >= 15 is 0 Å². The van der Waals surface area contributed by atoms with Gasteiger partial charge >= 0.3 is 0 Å². The Morgan fingerprint density at radius 2 is 1.91 bits per heavy atom. The molecule has 0 aromatic heterocycles. The van der Waals surface area contributed by atoms with Crippen molar-refractivity contribution in [1.82, 2.24) is 9.80 Å². The Labute approximate surface area is 132 Å². The number of β-amino-alcohol motifs (C(OH)–C–C–N with tert-alkyl or cyclic N) is 1. The predicted octanol–water partition coefficient (Wildman–Crippen LogP) is 1.01. The maximum atomic E-state index is 12.3. The fourth-order valence-corrected chi connectivity index (χ4v) is 2.90. The first kappa shape index (κ1) is 17.1. The van der Waals surface area contributed by atoms with E-state index in [1.165, 1.54) is 0 Å². The molecule has 0 aromatic rings. The molecule has 2 aliphatic heterocycles. The van der Waals surface area contributed by atoms with Gasteiger partial charge < -0.3 is 10.0 Å². The third kappa shape index (κ3) is 4.36. The van der Waals surface area contributed by atoms with Crippen LogP contribution < -0.4 is 0 Å². The van der Waals surface area contributed by atoms with E-state index < -0.39 is 0 Å². The highest BCUT2D eigenvalue weighted by atomic mass is 16.3. The predicted molar refractivity (Wildman–Crippen MR) is 88.2 cm³/mol. The zero-order valence-electron chi connectivity index (χ0n) is 14.0. The second kappa shape index (κ2) is 7.83. The summed E-state index contributed by atoms with van der Waals surface area (Å²) in [5.41, 5.74) is 0.897. The van der Waals surface area contributed by atoms with Crippen molar-refractivity contribution in [1.29, 1.82) is 0 Å². The van der Waals surface area contributed by atoms with Crippen LogP contribution >= 0.6 is 0 Å². The third-order valence-electron chi connectivity index (χ3n) is 4.39. The summed E-state index contributed by atoms with van der Waals surface area (Å²) >= 11 is 0. The Kier molecular flexibility index (Phi) is 6.08. The lowest BCUT2D eigenvalue weighted by molar-refractivity contribution is -0.120. The SMILES string of the molecule is CC1=NC(N2CCN(CCO)CC2)=NC(=O)C1CCC(C)C. The van der Waals surface area contributed by atoms with Crippen molar-refractivity contribution < 1.29 is 9.90 Å². The zero-order valence-corrected chi connectivity index (χ0v) is 14.0. The van der Waals surface area contributed by atoms with E-state index in [9.17, 15) is 4.79 Å². The Hall–Kier alpha value is -1.27. The highest BCUT2D eigenvalue weighted by Gasteiger charge is 2.29. The lowest BCUT2D eigenvalue weighted by atomic mass is 9.93. The monoisotopic (exact) mass is 308 g/mol. The number of piperazine rings is 1. The second-order valence-corrected chi connectivity index (χ2v) is 6.58. The van der Waals surface area contributed by atoms with Gasteiger partial charge in [0, 0.05) is 38.4 Å². The van der Waals surface area contributed by atoms with Gasteiger partial charge in [-0.15, -0.1) is 0 Å². The molecule has 2 heterocycles. The average molecular weight is 308 g/mol. The number of aliphatic hydroxyl groups is 1. The van der Waals surface area contributed by atoms with E-state index in [4.69, 9.17) is 5.11 Å². The van der Waals surface area contributed by atoms with Crippen LogP contribution in [0.5, 0.6) is 0 Å². The second-order valence-electron chi connectivity index (χ2n) is 6.58. The fraction of sp³-hybridized carbons (Fsp3) is 0.812. The van der Waals surface area contributed by atoms with Crippen molar-refractivity contribution in [2.75, 3.05) is 39.3 Å². The van der Waals surface area contributed by atoms with Gasteiger partial charge in [0.2, 0.25) is 5.96 Å². The first-order chi connectivity index (χ1) is 10.5. The van der Waals surface area contributed by atoms with Crippen LogP contribution in [0, 0.1) is 11.8 Å². The smallest absolute Gasteiger partial charge is 0.257 e. The average Bonchev–Trinajstić information content (AvgIpc) is 2.47. The zero-order chi connectivity index (χ0) is 16.1. The number of aliphatic hydroxyl groups excluding tert-OH is 1. The summed E-state index contributed by atoms with van der Waals surface area (Å²) in [5, 5.41) is 8.98. The van der Waals surface area contributed by atoms with Crippen molar-refractivity contribution in [3.63, 3.8) is 0 Å². The van der Waals surface area contributed by atoms with Crippen molar-refractivity contribution in [2.24, 2.45) is 21.8 Å². The van der Waals surface area contributed by atoms with Crippen LogP contribution in [0.25, 0.3) is 0 Å². The molecule has 0 aliphatic carbocycles. The summed E-state index contributed by atoms with van der Waals surface area (Å²) in [6.07, 6.45) is 1.86. The lowest BCUT2D eigenvalue weighted by Crippen LogP contribution is -2.50. The molecule has 0 radical (unpaired) electrons. The number of guanidine groups is 1. The van der Waals surface area contributed by atoms with Gasteiger partial charge in [0.25, 0.3) is 5.91 Å². The van der Waals surface area contributed by atoms with Crippen LogP contribution in [-0.2, 0) is 4.79 Å². The van der Waals surface area contributed by atoms with E-state index in [0.717, 1.165) is 44.7 Å². The van der Waals surface area contributed by atoms with Gasteiger partial charge in [-0.05, 0) is 25.7 Å². The highest BCUT2D eigenvalue weighted by molar-refractivity contribution is 6.14. The minimum absolute atomic E-state index is 0.0408. The number of amides is 1. The first-order valence-corrected chi connectivity index (χ1v) is 8.27. The summed E-state index contributed by atoms with van der Waals surface area (Å²) in [6.45, 7) is 10.5. The molecule has 1 unspecified atom stereocenters. The van der Waals surface area contributed by atoms with Crippen molar-refractivity contribution in [2.45, 2.75) is 33.6 Å². The summed E-state index contributed by atoms with van der Waals surface area (Å²) in [5.74, 6) is 0.986. The van der Waals surface area contributed by atoms with E-state index in [0.29, 0.717) is 18.4 Å². The summed E-state index contributed by atoms with van der Waals surface area (Å²) in [6, 6.07) is 0. The Balaban J connectivity index is 1.94. The molecule has 2 aliphatic rings. The number of aliphatic imine (C=N–C) groups is 2. The maximum Gasteiger partial charge on any atom is 0.257 e. The first-order valence-electron chi connectivity index (χ1n) is 8.27. The number of hydrogen-bond acceptors (Lipinski definition) is 5. The number of rotatable bonds is 5. The fourth-order valence-electron chi connectivity index (χ4n) is 2.90. The van der Waals surface area contributed by atoms with Crippen LogP contribution in [0.1, 0.15) is 33.6 Å². The molecule has 1 saturated heterocycles. The molecule has 2 rings (SSSR count). The van der Waals surface area contributed by atoms with E-state index in [-0.39, 0.29) is 18.4 Å². The largest absolute Gasteiger partial charge is 0.395 e. The maximum absolute atomic E-state index is 12.3. The molecule has 6 heteroatoms. The highest BCUT2D eigenvalue weighted by Crippen LogP contribution is 2.20. The minimum Gasteiger partial charge on any atom is -0.395 e. The van der Waals surface area contributed by atoms with Crippen LogP contribution in [0.3, 0.4) is 0 Å². The van der Waals surface area contributed by atoms with E-state index in [1.807, 2.05) is 6.92 Å². The molecule has 0 spiro atoms. The van der Waals surface area contributed by atoms with Gasteiger partial charge in [0.05, 0.1) is 12.5 Å². The standard InChI is InChI=1S/C16H28N4O2/c1-12(2)4-5-14-13(3)17-16(18-15(14)22)20-8-6-19(7-9-20)10-11-21/h12,14,21H,4-11H2,1-3H3. The molecule has 6 nitrogen and oxygen atoms in total. The van der Waals surface area contributed by atoms with Crippen LogP contribution in [0.2, 0.25) is 0 Å². The third-order valence-corrected chi connectivity index (χ3v) is 4.39. The Morgan fingerprint density at radius 1 is 1.23 bits per heavy atom. The van der Waals surface area contributed by atoms with Gasteiger partial charge in [-0.1, -0.05) is 13.8 Å². The Bertz CT molecular complexity index is 451. The topological polar surface area (TPSA) is 68.5 Å². The number of carbonyl (C=O) groups is 1. The summed E-state index contributed by atoms with van der Waals surface area (Å²) in [7, 11) is 0. The van der Waals surface area contributed by atoms with Gasteiger partial charge in [-0.3, -0.25) is 9.69 Å². The minimum atomic E-state index is -0.137. The molecular formula is C16H28N4O2. The summed E-state index contributed by atoms with van der Waals surface area (Å²) in [4.78, 5) is 25.4. The molecule has 22 heavy (non-hydrogen) atoms. The van der Waals surface area contributed by atoms with E-state index in [2.05, 4.69) is 33.6 Å². The molecule has 0 saturated carbocycles. The van der Waals surface area contributed by atoms with Gasteiger partial charge in [0.1, 0.15) is 0 Å². The number of nitrogens with zero attached hydrogens (tertiary/aromatic N) is 4. The van der Waals surface area contributed by atoms with Gasteiger partial charge in [-0.25, -0.2) is 4.99 Å². The van der Waals surface area contributed by atoms with Crippen LogP contribution in [0.4, 0.5) is 0 Å². The number of carbonyl (C=O) groups excluding carboxylic acids is 1.